The van der Waals surface area contributed by atoms with Crippen LogP contribution in [-0.2, 0) is 4.79 Å². The molecule has 1 N–H and O–H groups in total. The van der Waals surface area contributed by atoms with Crippen LogP contribution in [0.5, 0.6) is 0 Å². The number of hydrogen-bond acceptors (Lipinski definition) is 4. The molecule has 19 heavy (non-hydrogen) atoms. The van der Waals surface area contributed by atoms with Crippen molar-refractivity contribution in [3.63, 3.8) is 0 Å². The minimum atomic E-state index is 0.0505. The van der Waals surface area contributed by atoms with E-state index in [4.69, 9.17) is 0 Å². The molecule has 0 aromatic rings. The number of nitrogens with zero attached hydrogens (tertiary/aromatic N) is 3. The number of amides is 1. The maximum Gasteiger partial charge on any atom is 0.239 e. The molecule has 1 atom stereocenters. The van der Waals surface area contributed by atoms with Gasteiger partial charge in [0.1, 0.15) is 0 Å². The van der Waals surface area contributed by atoms with Crippen LogP contribution in [0.3, 0.4) is 0 Å². The van der Waals surface area contributed by atoms with Crippen LogP contribution in [0.15, 0.2) is 0 Å². The van der Waals surface area contributed by atoms with Crippen molar-refractivity contribution in [2.45, 2.75) is 31.8 Å². The van der Waals surface area contributed by atoms with E-state index >= 15 is 0 Å². The topological polar surface area (TPSA) is 38.8 Å². The first-order chi connectivity index (χ1) is 9.25. The van der Waals surface area contributed by atoms with Crippen molar-refractivity contribution in [2.75, 3.05) is 52.4 Å². The summed E-state index contributed by atoms with van der Waals surface area (Å²) < 4.78 is 0. The van der Waals surface area contributed by atoms with Gasteiger partial charge in [-0.3, -0.25) is 14.6 Å². The van der Waals surface area contributed by atoms with E-state index in [0.717, 1.165) is 58.4 Å². The number of nitrogens with one attached hydrogen (secondary N) is 1. The average Bonchev–Trinajstić information content (AvgIpc) is 3.31. The Bertz CT molecular complexity index is 317. The molecular weight excluding hydrogens is 240 g/mol. The van der Waals surface area contributed by atoms with Gasteiger partial charge in [0.2, 0.25) is 5.91 Å². The Morgan fingerprint density at radius 2 is 1.68 bits per heavy atom. The molecular formula is C14H26N4O. The number of carbonyl (C=O) groups is 1. The highest BCUT2D eigenvalue weighted by atomic mass is 16.2. The van der Waals surface area contributed by atoms with Crippen molar-refractivity contribution in [1.82, 2.24) is 20.0 Å². The van der Waals surface area contributed by atoms with Crippen LogP contribution in [0.2, 0.25) is 0 Å². The van der Waals surface area contributed by atoms with Gasteiger partial charge in [0.25, 0.3) is 0 Å². The lowest BCUT2D eigenvalue weighted by Crippen LogP contribution is -2.57. The number of hydrogen-bond donors (Lipinski definition) is 1. The normalized spacial score (nSPS) is 28.4. The average molecular weight is 266 g/mol. The molecule has 0 radical (unpaired) electrons. The second-order valence-corrected chi connectivity index (χ2v) is 6.05. The molecule has 3 fully saturated rings. The molecule has 108 valence electrons. The van der Waals surface area contributed by atoms with E-state index in [0.29, 0.717) is 5.91 Å². The van der Waals surface area contributed by atoms with E-state index < -0.39 is 0 Å². The fourth-order valence-corrected chi connectivity index (χ4v) is 3.24. The summed E-state index contributed by atoms with van der Waals surface area (Å²) in [4.78, 5) is 19.5. The van der Waals surface area contributed by atoms with Crippen LogP contribution < -0.4 is 5.32 Å². The Hall–Kier alpha value is -0.650. The second-order valence-electron chi connectivity index (χ2n) is 6.05. The van der Waals surface area contributed by atoms with Gasteiger partial charge in [-0.2, -0.15) is 0 Å². The first-order valence-electron chi connectivity index (χ1n) is 7.73. The van der Waals surface area contributed by atoms with Crippen LogP contribution >= 0.6 is 0 Å². The van der Waals surface area contributed by atoms with Gasteiger partial charge in [-0.15, -0.1) is 0 Å². The first-order valence-corrected chi connectivity index (χ1v) is 7.73. The molecule has 1 amide bonds. The highest BCUT2D eigenvalue weighted by Gasteiger charge is 2.34. The third-order valence-corrected chi connectivity index (χ3v) is 4.75. The van der Waals surface area contributed by atoms with Gasteiger partial charge in [-0.1, -0.05) is 0 Å². The largest absolute Gasteiger partial charge is 0.339 e. The van der Waals surface area contributed by atoms with Gasteiger partial charge in [0, 0.05) is 58.4 Å². The van der Waals surface area contributed by atoms with Gasteiger partial charge in [-0.25, -0.2) is 0 Å². The summed E-state index contributed by atoms with van der Waals surface area (Å²) in [6.07, 6.45) is 2.73. The van der Waals surface area contributed by atoms with Gasteiger partial charge < -0.3 is 10.2 Å². The molecule has 0 spiro atoms. The van der Waals surface area contributed by atoms with Crippen LogP contribution in [-0.4, -0.2) is 85.0 Å². The van der Waals surface area contributed by atoms with E-state index in [1.165, 1.54) is 12.8 Å². The Labute approximate surface area is 115 Å². The lowest BCUT2D eigenvalue weighted by molar-refractivity contribution is -0.138. The number of piperazine rings is 2. The summed E-state index contributed by atoms with van der Waals surface area (Å²) in [6, 6.07) is 0.886. The lowest BCUT2D eigenvalue weighted by Gasteiger charge is -2.39. The molecule has 0 aromatic heterocycles. The standard InChI is InChI=1S/C14H26N4O/c1-12(16-6-4-15-5-7-16)14(19)18-10-8-17(9-11-18)13-2-3-13/h12-13,15H,2-11H2,1H3. The van der Waals surface area contributed by atoms with Gasteiger partial charge >= 0.3 is 0 Å². The minimum absolute atomic E-state index is 0.0505. The van der Waals surface area contributed by atoms with E-state index in [-0.39, 0.29) is 6.04 Å². The molecule has 3 rings (SSSR count). The summed E-state index contributed by atoms with van der Waals surface area (Å²) >= 11 is 0. The highest BCUT2D eigenvalue weighted by molar-refractivity contribution is 5.81. The van der Waals surface area contributed by atoms with Crippen molar-refractivity contribution in [1.29, 1.82) is 0 Å². The summed E-state index contributed by atoms with van der Waals surface area (Å²) in [5, 5.41) is 3.34. The first kappa shape index (κ1) is 13.3. The molecule has 5 heteroatoms. The van der Waals surface area contributed by atoms with Crippen molar-refractivity contribution in [3.8, 4) is 0 Å². The molecule has 1 unspecified atom stereocenters. The summed E-state index contributed by atoms with van der Waals surface area (Å²) in [5.74, 6) is 0.331. The van der Waals surface area contributed by atoms with E-state index in [9.17, 15) is 4.79 Å². The van der Waals surface area contributed by atoms with Crippen molar-refractivity contribution >= 4 is 5.91 Å². The van der Waals surface area contributed by atoms with Crippen molar-refractivity contribution < 1.29 is 4.79 Å². The van der Waals surface area contributed by atoms with Gasteiger partial charge in [0.15, 0.2) is 0 Å². The molecule has 0 aromatic carbocycles. The number of carbonyl (C=O) groups excluding carboxylic acids is 1. The zero-order chi connectivity index (χ0) is 13.2. The third kappa shape index (κ3) is 3.09. The monoisotopic (exact) mass is 266 g/mol. The molecule has 2 aliphatic heterocycles. The fourth-order valence-electron chi connectivity index (χ4n) is 3.24. The molecule has 3 aliphatic rings. The lowest BCUT2D eigenvalue weighted by atomic mass is 10.2. The predicted molar refractivity (Wildman–Crippen MR) is 75.1 cm³/mol. The predicted octanol–water partition coefficient (Wildman–Crippen LogP) is -0.413. The summed E-state index contributed by atoms with van der Waals surface area (Å²) in [7, 11) is 0. The van der Waals surface area contributed by atoms with Crippen molar-refractivity contribution in [3.05, 3.63) is 0 Å². The fraction of sp³-hybridized carbons (Fsp3) is 0.929. The zero-order valence-corrected chi connectivity index (χ0v) is 12.0. The van der Waals surface area contributed by atoms with Gasteiger partial charge in [-0.05, 0) is 19.8 Å². The van der Waals surface area contributed by atoms with E-state index in [2.05, 4.69) is 26.9 Å². The molecule has 5 nitrogen and oxygen atoms in total. The maximum atomic E-state index is 12.5. The molecule has 1 saturated carbocycles. The maximum absolute atomic E-state index is 12.5. The minimum Gasteiger partial charge on any atom is -0.339 e. The second kappa shape index (κ2) is 5.77. The summed E-state index contributed by atoms with van der Waals surface area (Å²) in [6.45, 7) is 10.1. The Morgan fingerprint density at radius 3 is 2.26 bits per heavy atom. The zero-order valence-electron chi connectivity index (χ0n) is 12.0. The van der Waals surface area contributed by atoms with E-state index in [1.807, 2.05) is 0 Å². The molecule has 1 aliphatic carbocycles. The molecule has 2 heterocycles. The molecule has 2 saturated heterocycles. The van der Waals surface area contributed by atoms with Gasteiger partial charge in [0.05, 0.1) is 6.04 Å². The quantitative estimate of drug-likeness (QED) is 0.753. The van der Waals surface area contributed by atoms with Crippen LogP contribution in [0.25, 0.3) is 0 Å². The Kier molecular flexibility index (Phi) is 4.05. The highest BCUT2D eigenvalue weighted by Crippen LogP contribution is 2.27. The SMILES string of the molecule is CC(C(=O)N1CCN(C2CC2)CC1)N1CCNCC1. The Morgan fingerprint density at radius 1 is 1.05 bits per heavy atom. The third-order valence-electron chi connectivity index (χ3n) is 4.75. The Balaban J connectivity index is 1.49. The van der Waals surface area contributed by atoms with Crippen molar-refractivity contribution in [2.24, 2.45) is 0 Å². The van der Waals surface area contributed by atoms with Crippen LogP contribution in [0.4, 0.5) is 0 Å². The number of rotatable bonds is 3. The molecule has 0 bridgehead atoms. The van der Waals surface area contributed by atoms with Crippen LogP contribution in [0.1, 0.15) is 19.8 Å². The summed E-state index contributed by atoms with van der Waals surface area (Å²) in [5.41, 5.74) is 0. The smallest absolute Gasteiger partial charge is 0.239 e. The van der Waals surface area contributed by atoms with E-state index in [1.54, 1.807) is 0 Å². The van der Waals surface area contributed by atoms with Crippen LogP contribution in [0, 0.1) is 0 Å².